The summed E-state index contributed by atoms with van der Waals surface area (Å²) < 4.78 is 11.2. The monoisotopic (exact) mass is 291 g/mol. The van der Waals surface area contributed by atoms with Crippen molar-refractivity contribution in [1.82, 2.24) is 15.2 Å². The first-order valence-electron chi connectivity index (χ1n) is 7.82. The summed E-state index contributed by atoms with van der Waals surface area (Å²) in [5.41, 5.74) is 2.00. The minimum Gasteiger partial charge on any atom is -0.497 e. The average Bonchev–Trinajstić information content (AvgIpc) is 2.94. The lowest BCUT2D eigenvalue weighted by atomic mass is 10.2. The van der Waals surface area contributed by atoms with Gasteiger partial charge in [0.15, 0.2) is 0 Å². The third kappa shape index (κ3) is 3.73. The van der Waals surface area contributed by atoms with Gasteiger partial charge in [-0.15, -0.1) is 0 Å². The molecular weight excluding hydrogens is 266 g/mol. The SMILES string of the molecule is COc1cc(C)nc(CNCC2CN3CCCC3CO2)c1. The van der Waals surface area contributed by atoms with Gasteiger partial charge in [-0.2, -0.15) is 0 Å². The Morgan fingerprint density at radius 3 is 3.24 bits per heavy atom. The predicted octanol–water partition coefficient (Wildman–Crippen LogP) is 1.35. The fourth-order valence-electron chi connectivity index (χ4n) is 3.28. The molecule has 2 unspecified atom stereocenters. The van der Waals surface area contributed by atoms with Crippen LogP contribution in [0, 0.1) is 6.92 Å². The molecule has 2 fully saturated rings. The molecule has 5 heteroatoms. The van der Waals surface area contributed by atoms with Crippen LogP contribution in [0.2, 0.25) is 0 Å². The molecular formula is C16H25N3O2. The highest BCUT2D eigenvalue weighted by atomic mass is 16.5. The van der Waals surface area contributed by atoms with Crippen molar-refractivity contribution in [2.45, 2.75) is 38.5 Å². The van der Waals surface area contributed by atoms with Crippen LogP contribution in [-0.4, -0.2) is 55.4 Å². The first kappa shape index (κ1) is 14.8. The molecule has 3 rings (SSSR count). The maximum absolute atomic E-state index is 5.95. The van der Waals surface area contributed by atoms with Crippen LogP contribution < -0.4 is 10.1 Å². The van der Waals surface area contributed by atoms with Crippen LogP contribution in [0.15, 0.2) is 12.1 Å². The van der Waals surface area contributed by atoms with Gasteiger partial charge in [-0.25, -0.2) is 0 Å². The number of pyridine rings is 1. The molecule has 2 atom stereocenters. The summed E-state index contributed by atoms with van der Waals surface area (Å²) in [4.78, 5) is 7.10. The molecule has 2 aliphatic rings. The van der Waals surface area contributed by atoms with Crippen LogP contribution >= 0.6 is 0 Å². The van der Waals surface area contributed by atoms with Gasteiger partial charge in [-0.1, -0.05) is 0 Å². The molecule has 1 N–H and O–H groups in total. The number of morpholine rings is 1. The molecule has 1 aromatic rings. The number of hydrogen-bond donors (Lipinski definition) is 1. The van der Waals surface area contributed by atoms with E-state index in [2.05, 4.69) is 15.2 Å². The molecule has 2 aliphatic heterocycles. The molecule has 0 aromatic carbocycles. The lowest BCUT2D eigenvalue weighted by molar-refractivity contribution is -0.0470. The molecule has 2 saturated heterocycles. The van der Waals surface area contributed by atoms with Gasteiger partial charge in [0.05, 0.1) is 25.5 Å². The summed E-state index contributed by atoms with van der Waals surface area (Å²) in [7, 11) is 1.69. The number of hydrogen-bond acceptors (Lipinski definition) is 5. The Kier molecular flexibility index (Phi) is 4.73. The van der Waals surface area contributed by atoms with Crippen molar-refractivity contribution in [3.63, 3.8) is 0 Å². The fourth-order valence-corrected chi connectivity index (χ4v) is 3.28. The van der Waals surface area contributed by atoms with Gasteiger partial charge in [0.1, 0.15) is 5.75 Å². The zero-order valence-corrected chi connectivity index (χ0v) is 13.0. The third-order valence-electron chi connectivity index (χ3n) is 4.36. The quantitative estimate of drug-likeness (QED) is 0.887. The lowest BCUT2D eigenvalue weighted by Crippen LogP contribution is -2.49. The van der Waals surface area contributed by atoms with Crippen LogP contribution in [0.1, 0.15) is 24.2 Å². The second-order valence-electron chi connectivity index (χ2n) is 6.02. The molecule has 5 nitrogen and oxygen atoms in total. The van der Waals surface area contributed by atoms with Gasteiger partial charge >= 0.3 is 0 Å². The summed E-state index contributed by atoms with van der Waals surface area (Å²) in [5, 5.41) is 3.46. The minimum atomic E-state index is 0.297. The van der Waals surface area contributed by atoms with E-state index in [4.69, 9.17) is 9.47 Å². The highest BCUT2D eigenvalue weighted by Gasteiger charge is 2.31. The average molecular weight is 291 g/mol. The molecule has 0 spiro atoms. The van der Waals surface area contributed by atoms with Crippen molar-refractivity contribution >= 4 is 0 Å². The number of nitrogens with one attached hydrogen (secondary N) is 1. The Morgan fingerprint density at radius 1 is 1.48 bits per heavy atom. The van der Waals surface area contributed by atoms with Crippen LogP contribution in [0.3, 0.4) is 0 Å². The van der Waals surface area contributed by atoms with E-state index in [1.54, 1.807) is 7.11 Å². The van der Waals surface area contributed by atoms with E-state index in [9.17, 15) is 0 Å². The number of methoxy groups -OCH3 is 1. The Balaban J connectivity index is 1.46. The molecule has 0 radical (unpaired) electrons. The topological polar surface area (TPSA) is 46.6 Å². The zero-order chi connectivity index (χ0) is 14.7. The molecule has 116 valence electrons. The van der Waals surface area contributed by atoms with Crippen LogP contribution in [0.25, 0.3) is 0 Å². The van der Waals surface area contributed by atoms with Crippen molar-refractivity contribution in [1.29, 1.82) is 0 Å². The van der Waals surface area contributed by atoms with Crippen molar-refractivity contribution < 1.29 is 9.47 Å². The van der Waals surface area contributed by atoms with Crippen LogP contribution in [0.4, 0.5) is 0 Å². The van der Waals surface area contributed by atoms with E-state index < -0.39 is 0 Å². The first-order chi connectivity index (χ1) is 10.2. The van der Waals surface area contributed by atoms with Gasteiger partial charge < -0.3 is 14.8 Å². The van der Waals surface area contributed by atoms with Crippen LogP contribution in [-0.2, 0) is 11.3 Å². The minimum absolute atomic E-state index is 0.297. The molecule has 0 bridgehead atoms. The Morgan fingerprint density at radius 2 is 2.38 bits per heavy atom. The smallest absolute Gasteiger partial charge is 0.122 e. The van der Waals surface area contributed by atoms with Crippen molar-refractivity contribution in [3.05, 3.63) is 23.5 Å². The van der Waals surface area contributed by atoms with E-state index in [-0.39, 0.29) is 0 Å². The van der Waals surface area contributed by atoms with Gasteiger partial charge in [0.2, 0.25) is 0 Å². The third-order valence-corrected chi connectivity index (χ3v) is 4.36. The lowest BCUT2D eigenvalue weighted by Gasteiger charge is -2.35. The number of aromatic nitrogens is 1. The van der Waals surface area contributed by atoms with Gasteiger partial charge in [0, 0.05) is 43.5 Å². The number of ether oxygens (including phenoxy) is 2. The second-order valence-corrected chi connectivity index (χ2v) is 6.02. The Labute approximate surface area is 126 Å². The van der Waals surface area contributed by atoms with Crippen molar-refractivity contribution in [3.8, 4) is 5.75 Å². The predicted molar refractivity (Wildman–Crippen MR) is 81.6 cm³/mol. The summed E-state index contributed by atoms with van der Waals surface area (Å²) in [6.45, 7) is 6.80. The zero-order valence-electron chi connectivity index (χ0n) is 13.0. The molecule has 0 saturated carbocycles. The van der Waals surface area contributed by atoms with E-state index in [1.165, 1.54) is 19.4 Å². The first-order valence-corrected chi connectivity index (χ1v) is 7.82. The summed E-state index contributed by atoms with van der Waals surface area (Å²) in [6, 6.07) is 4.60. The standard InChI is InChI=1S/C16H25N3O2/c1-12-6-15(20-2)7-13(18-12)8-17-9-16-10-19-5-3-4-14(19)11-21-16/h6-7,14,16-17H,3-5,8-11H2,1-2H3. The van der Waals surface area contributed by atoms with E-state index in [1.807, 2.05) is 19.1 Å². The number of aryl methyl sites for hydroxylation is 1. The normalized spacial score (nSPS) is 25.8. The maximum Gasteiger partial charge on any atom is 0.122 e. The number of fused-ring (bicyclic) bond motifs is 1. The number of rotatable bonds is 5. The maximum atomic E-state index is 5.95. The van der Waals surface area contributed by atoms with E-state index in [0.717, 1.165) is 43.4 Å². The Bertz CT molecular complexity index is 481. The summed E-state index contributed by atoms with van der Waals surface area (Å²) in [6.07, 6.45) is 2.92. The van der Waals surface area contributed by atoms with Crippen molar-refractivity contribution in [2.75, 3.05) is 33.4 Å². The summed E-state index contributed by atoms with van der Waals surface area (Å²) >= 11 is 0. The molecule has 1 aromatic heterocycles. The highest BCUT2D eigenvalue weighted by molar-refractivity contribution is 5.26. The van der Waals surface area contributed by atoms with Crippen LogP contribution in [0.5, 0.6) is 5.75 Å². The fraction of sp³-hybridized carbons (Fsp3) is 0.688. The summed E-state index contributed by atoms with van der Waals surface area (Å²) in [5.74, 6) is 0.869. The highest BCUT2D eigenvalue weighted by Crippen LogP contribution is 2.22. The van der Waals surface area contributed by atoms with Gasteiger partial charge in [-0.3, -0.25) is 9.88 Å². The largest absolute Gasteiger partial charge is 0.497 e. The molecule has 21 heavy (non-hydrogen) atoms. The second kappa shape index (κ2) is 6.73. The Hall–Kier alpha value is -1.17. The molecule has 0 aliphatic carbocycles. The van der Waals surface area contributed by atoms with E-state index >= 15 is 0 Å². The van der Waals surface area contributed by atoms with E-state index in [0.29, 0.717) is 12.1 Å². The van der Waals surface area contributed by atoms with Gasteiger partial charge in [0.25, 0.3) is 0 Å². The van der Waals surface area contributed by atoms with Crippen molar-refractivity contribution in [2.24, 2.45) is 0 Å². The number of nitrogens with zero attached hydrogens (tertiary/aromatic N) is 2. The molecule has 0 amide bonds. The molecule has 3 heterocycles. The van der Waals surface area contributed by atoms with Gasteiger partial charge in [-0.05, 0) is 26.3 Å².